The average molecular weight is 399 g/mol. The van der Waals surface area contributed by atoms with Crippen molar-refractivity contribution in [2.24, 2.45) is 0 Å². The van der Waals surface area contributed by atoms with Gasteiger partial charge in [-0.05, 0) is 42.3 Å². The van der Waals surface area contributed by atoms with E-state index in [1.165, 1.54) is 16.9 Å². The van der Waals surface area contributed by atoms with Crippen molar-refractivity contribution in [3.05, 3.63) is 65.2 Å². The Morgan fingerprint density at radius 2 is 2.00 bits per heavy atom. The average Bonchev–Trinajstić information content (AvgIpc) is 3.15. The molecule has 0 N–H and O–H groups in total. The van der Waals surface area contributed by atoms with Gasteiger partial charge < -0.3 is 4.74 Å². The molecule has 6 heteroatoms. The molecule has 0 spiro atoms. The number of methoxy groups -OCH3 is 1. The Hall–Kier alpha value is -2.31. The minimum absolute atomic E-state index is 0.0411. The second-order valence-corrected chi connectivity index (χ2v) is 7.85. The van der Waals surface area contributed by atoms with Crippen LogP contribution in [0.5, 0.6) is 5.75 Å². The summed E-state index contributed by atoms with van der Waals surface area (Å²) >= 11 is 3.19. The molecule has 1 aromatic heterocycles. The van der Waals surface area contributed by atoms with Gasteiger partial charge in [0.2, 0.25) is 5.91 Å². The second kappa shape index (κ2) is 9.06. The van der Waals surface area contributed by atoms with Crippen molar-refractivity contribution in [3.8, 4) is 5.75 Å². The van der Waals surface area contributed by atoms with E-state index in [0.29, 0.717) is 5.13 Å². The number of amides is 1. The number of hydrogen-bond acceptors (Lipinski definition) is 5. The number of nitrogens with zero attached hydrogens (tertiary/aromatic N) is 2. The van der Waals surface area contributed by atoms with E-state index in [1.807, 2.05) is 35.7 Å². The molecule has 3 rings (SSSR count). The van der Waals surface area contributed by atoms with E-state index < -0.39 is 0 Å². The Bertz CT molecular complexity index is 907. The molecule has 0 unspecified atom stereocenters. The Kier molecular flexibility index (Phi) is 6.53. The smallest absolute Gasteiger partial charge is 0.230 e. The number of anilines is 2. The molecule has 0 radical (unpaired) electrons. The molecular formula is C21H22N2O2S2. The zero-order chi connectivity index (χ0) is 19.2. The molecule has 4 nitrogen and oxygen atoms in total. The van der Waals surface area contributed by atoms with E-state index >= 15 is 0 Å². The SMILES string of the molecule is CCc1ccc(N(C(C)=O)c2nc(CSc3cccc(OC)c3)cs2)cc1. The molecule has 140 valence electrons. The number of thiazole rings is 1. The zero-order valence-corrected chi connectivity index (χ0v) is 17.3. The minimum Gasteiger partial charge on any atom is -0.497 e. The Labute approximate surface area is 168 Å². The van der Waals surface area contributed by atoms with Crippen LogP contribution in [0, 0.1) is 0 Å². The summed E-state index contributed by atoms with van der Waals surface area (Å²) in [5, 5.41) is 2.71. The number of rotatable bonds is 7. The Morgan fingerprint density at radius 3 is 2.67 bits per heavy atom. The van der Waals surface area contributed by atoms with Gasteiger partial charge in [0.15, 0.2) is 5.13 Å². The molecule has 0 saturated carbocycles. The highest BCUT2D eigenvalue weighted by molar-refractivity contribution is 7.98. The topological polar surface area (TPSA) is 42.4 Å². The number of benzene rings is 2. The maximum atomic E-state index is 12.2. The molecule has 3 aromatic rings. The van der Waals surface area contributed by atoms with Crippen molar-refractivity contribution in [1.82, 2.24) is 4.98 Å². The Morgan fingerprint density at radius 1 is 1.22 bits per heavy atom. The van der Waals surface area contributed by atoms with Crippen molar-refractivity contribution in [2.45, 2.75) is 30.9 Å². The predicted octanol–water partition coefficient (Wildman–Crippen LogP) is 5.69. The first kappa shape index (κ1) is 19.5. The molecule has 1 heterocycles. The fourth-order valence-corrected chi connectivity index (χ4v) is 4.45. The summed E-state index contributed by atoms with van der Waals surface area (Å²) in [5.74, 6) is 1.54. The summed E-state index contributed by atoms with van der Waals surface area (Å²) in [5.41, 5.74) is 3.05. The first-order valence-electron chi connectivity index (χ1n) is 8.71. The first-order valence-corrected chi connectivity index (χ1v) is 10.6. The van der Waals surface area contributed by atoms with Crippen LogP contribution in [-0.4, -0.2) is 18.0 Å². The predicted molar refractivity (Wildman–Crippen MR) is 113 cm³/mol. The quantitative estimate of drug-likeness (QED) is 0.479. The molecule has 0 aliphatic carbocycles. The van der Waals surface area contributed by atoms with Gasteiger partial charge in [-0.15, -0.1) is 23.1 Å². The lowest BCUT2D eigenvalue weighted by Gasteiger charge is -2.18. The first-order chi connectivity index (χ1) is 13.1. The van der Waals surface area contributed by atoms with Gasteiger partial charge in [0.25, 0.3) is 0 Å². The van der Waals surface area contributed by atoms with Crippen molar-refractivity contribution in [1.29, 1.82) is 0 Å². The van der Waals surface area contributed by atoms with Crippen molar-refractivity contribution >= 4 is 39.8 Å². The zero-order valence-electron chi connectivity index (χ0n) is 15.6. The molecule has 0 bridgehead atoms. The summed E-state index contributed by atoms with van der Waals surface area (Å²) in [4.78, 5) is 19.7. The fraction of sp³-hybridized carbons (Fsp3) is 0.238. The van der Waals surface area contributed by atoms with Crippen LogP contribution in [0.1, 0.15) is 25.1 Å². The molecule has 2 aromatic carbocycles. The fourth-order valence-electron chi connectivity index (χ4n) is 2.62. The van der Waals surface area contributed by atoms with Crippen molar-refractivity contribution in [2.75, 3.05) is 12.0 Å². The highest BCUT2D eigenvalue weighted by atomic mass is 32.2. The Balaban J connectivity index is 1.74. The molecule has 0 aliphatic heterocycles. The van der Waals surface area contributed by atoms with Gasteiger partial charge in [-0.3, -0.25) is 9.69 Å². The van der Waals surface area contributed by atoms with Crippen LogP contribution in [0.15, 0.2) is 58.8 Å². The van der Waals surface area contributed by atoms with Crippen LogP contribution in [0.2, 0.25) is 0 Å². The van der Waals surface area contributed by atoms with E-state index in [1.54, 1.807) is 30.7 Å². The van der Waals surface area contributed by atoms with E-state index in [2.05, 4.69) is 30.1 Å². The second-order valence-electron chi connectivity index (χ2n) is 5.96. The van der Waals surface area contributed by atoms with E-state index in [0.717, 1.165) is 34.2 Å². The van der Waals surface area contributed by atoms with Gasteiger partial charge in [-0.1, -0.05) is 25.1 Å². The number of thioether (sulfide) groups is 1. The highest BCUT2D eigenvalue weighted by Crippen LogP contribution is 2.32. The van der Waals surface area contributed by atoms with E-state index in [-0.39, 0.29) is 5.91 Å². The van der Waals surface area contributed by atoms with E-state index in [4.69, 9.17) is 4.74 Å². The van der Waals surface area contributed by atoms with Gasteiger partial charge in [0.1, 0.15) is 5.75 Å². The lowest BCUT2D eigenvalue weighted by Crippen LogP contribution is -2.22. The number of ether oxygens (including phenoxy) is 1. The third-order valence-electron chi connectivity index (χ3n) is 4.08. The minimum atomic E-state index is -0.0411. The highest BCUT2D eigenvalue weighted by Gasteiger charge is 2.18. The van der Waals surface area contributed by atoms with Gasteiger partial charge in [0.05, 0.1) is 18.5 Å². The van der Waals surface area contributed by atoms with Crippen molar-refractivity contribution in [3.63, 3.8) is 0 Å². The molecule has 0 aliphatic rings. The number of aromatic nitrogens is 1. The summed E-state index contributed by atoms with van der Waals surface area (Å²) in [6.07, 6.45) is 0.975. The standard InChI is InChI=1S/C21H22N2O2S2/c1-4-16-8-10-18(11-9-16)23(15(2)24)21-22-17(14-27-21)13-26-20-7-5-6-19(12-20)25-3/h5-12,14H,4,13H2,1-3H3. The third-order valence-corrected chi connectivity index (χ3v) is 5.98. The molecular weight excluding hydrogens is 376 g/mol. The number of carbonyl (C=O) groups excluding carboxylic acids is 1. The number of carbonyl (C=O) groups is 1. The normalized spacial score (nSPS) is 10.6. The maximum absolute atomic E-state index is 12.2. The largest absolute Gasteiger partial charge is 0.497 e. The molecule has 0 atom stereocenters. The number of aryl methyl sites for hydroxylation is 1. The van der Waals surface area contributed by atoms with Crippen LogP contribution in [-0.2, 0) is 17.0 Å². The molecule has 27 heavy (non-hydrogen) atoms. The van der Waals surface area contributed by atoms with Crippen LogP contribution < -0.4 is 9.64 Å². The lowest BCUT2D eigenvalue weighted by molar-refractivity contribution is -0.115. The molecule has 0 saturated heterocycles. The lowest BCUT2D eigenvalue weighted by atomic mass is 10.1. The molecule has 0 fully saturated rings. The van der Waals surface area contributed by atoms with E-state index in [9.17, 15) is 4.79 Å². The van der Waals surface area contributed by atoms with Gasteiger partial charge in [-0.2, -0.15) is 0 Å². The van der Waals surface area contributed by atoms with Gasteiger partial charge >= 0.3 is 0 Å². The summed E-state index contributed by atoms with van der Waals surface area (Å²) in [7, 11) is 1.67. The van der Waals surface area contributed by atoms with Crippen LogP contribution >= 0.6 is 23.1 Å². The summed E-state index contributed by atoms with van der Waals surface area (Å²) in [6.45, 7) is 3.69. The van der Waals surface area contributed by atoms with Crippen LogP contribution in [0.3, 0.4) is 0 Å². The number of hydrogen-bond donors (Lipinski definition) is 0. The van der Waals surface area contributed by atoms with Gasteiger partial charge in [-0.25, -0.2) is 4.98 Å². The van der Waals surface area contributed by atoms with Crippen molar-refractivity contribution < 1.29 is 9.53 Å². The maximum Gasteiger partial charge on any atom is 0.230 e. The summed E-state index contributed by atoms with van der Waals surface area (Å²) < 4.78 is 5.26. The van der Waals surface area contributed by atoms with Crippen LogP contribution in [0.4, 0.5) is 10.8 Å². The third kappa shape index (κ3) is 4.90. The van der Waals surface area contributed by atoms with Crippen LogP contribution in [0.25, 0.3) is 0 Å². The monoisotopic (exact) mass is 398 g/mol. The summed E-state index contributed by atoms with van der Waals surface area (Å²) in [6, 6.07) is 16.0. The molecule has 1 amide bonds. The van der Waals surface area contributed by atoms with Gasteiger partial charge in [0, 0.05) is 23.0 Å².